The molecule has 0 saturated carbocycles. The van der Waals surface area contributed by atoms with E-state index in [1.54, 1.807) is 6.20 Å². The number of carbonyl (C=O) groups is 1. The average Bonchev–Trinajstić information content (AvgIpc) is 3.41. The van der Waals surface area contributed by atoms with E-state index in [0.717, 1.165) is 50.6 Å². The number of hydrogen-bond acceptors (Lipinski definition) is 7. The number of ether oxygens (including phenoxy) is 1. The molecule has 1 aromatic heterocycles. The summed E-state index contributed by atoms with van der Waals surface area (Å²) in [5.74, 6) is 0.691. The first-order valence-electron chi connectivity index (χ1n) is 11.1. The standard InChI is InChI=1S/C22H29ClN6O2S/c1-32-25-21-6-7-29(24-21)22(30)27-10-8-26(9-11-27)13-16-2-3-17(23)12-20(16)28-14-18-4-5-19(15-28)31-18/h2-3,6-7,12,18-19H,4-5,8-11,13-15H2,1H3,(H,24,25). The van der Waals surface area contributed by atoms with E-state index in [-0.39, 0.29) is 6.03 Å². The van der Waals surface area contributed by atoms with Gasteiger partial charge in [0.25, 0.3) is 0 Å². The maximum Gasteiger partial charge on any atom is 0.344 e. The molecule has 172 valence electrons. The average molecular weight is 477 g/mol. The number of carbonyl (C=O) groups excluding carboxylic acids is 1. The molecular formula is C22H29ClN6O2S. The van der Waals surface area contributed by atoms with Crippen LogP contribution in [0.25, 0.3) is 0 Å². The fourth-order valence-corrected chi connectivity index (χ4v) is 5.33. The number of morpholine rings is 1. The van der Waals surface area contributed by atoms with Gasteiger partial charge in [-0.3, -0.25) is 4.90 Å². The van der Waals surface area contributed by atoms with Crippen LogP contribution < -0.4 is 9.62 Å². The van der Waals surface area contributed by atoms with Gasteiger partial charge in [0.1, 0.15) is 0 Å². The molecule has 3 saturated heterocycles. The number of piperazine rings is 1. The largest absolute Gasteiger partial charge is 0.371 e. The maximum atomic E-state index is 12.8. The third kappa shape index (κ3) is 4.71. The molecule has 1 amide bonds. The number of benzene rings is 1. The second kappa shape index (κ2) is 9.51. The van der Waals surface area contributed by atoms with Gasteiger partial charge in [0, 0.05) is 75.0 Å². The quantitative estimate of drug-likeness (QED) is 0.663. The molecule has 32 heavy (non-hydrogen) atoms. The Bertz CT molecular complexity index is 952. The van der Waals surface area contributed by atoms with Crippen LogP contribution in [0.5, 0.6) is 0 Å². The molecule has 0 spiro atoms. The van der Waals surface area contributed by atoms with E-state index in [9.17, 15) is 4.79 Å². The molecule has 4 heterocycles. The maximum absolute atomic E-state index is 12.8. The summed E-state index contributed by atoms with van der Waals surface area (Å²) >= 11 is 7.83. The monoisotopic (exact) mass is 476 g/mol. The van der Waals surface area contributed by atoms with Crippen LogP contribution >= 0.6 is 23.5 Å². The van der Waals surface area contributed by atoms with Crippen molar-refractivity contribution in [2.45, 2.75) is 31.6 Å². The van der Waals surface area contributed by atoms with E-state index < -0.39 is 0 Å². The van der Waals surface area contributed by atoms with Crippen molar-refractivity contribution in [3.05, 3.63) is 41.0 Å². The first-order valence-corrected chi connectivity index (χ1v) is 12.7. The van der Waals surface area contributed by atoms with Crippen molar-refractivity contribution in [1.29, 1.82) is 0 Å². The predicted molar refractivity (Wildman–Crippen MR) is 129 cm³/mol. The van der Waals surface area contributed by atoms with Crippen LogP contribution in [0.4, 0.5) is 16.3 Å². The summed E-state index contributed by atoms with van der Waals surface area (Å²) in [5.41, 5.74) is 2.51. The van der Waals surface area contributed by atoms with E-state index in [4.69, 9.17) is 16.3 Å². The number of fused-ring (bicyclic) bond motifs is 2. The van der Waals surface area contributed by atoms with E-state index in [2.05, 4.69) is 31.8 Å². The lowest BCUT2D eigenvalue weighted by Gasteiger charge is -2.37. The number of nitrogens with one attached hydrogen (secondary N) is 1. The minimum absolute atomic E-state index is 0.0743. The number of aromatic nitrogens is 2. The molecule has 2 unspecified atom stereocenters. The minimum Gasteiger partial charge on any atom is -0.371 e. The van der Waals surface area contributed by atoms with E-state index in [0.29, 0.717) is 31.1 Å². The molecule has 2 atom stereocenters. The Labute approximate surface area is 197 Å². The van der Waals surface area contributed by atoms with Crippen LogP contribution in [0.2, 0.25) is 5.02 Å². The number of amides is 1. The van der Waals surface area contributed by atoms with E-state index >= 15 is 0 Å². The highest BCUT2D eigenvalue weighted by molar-refractivity contribution is 7.99. The molecular weight excluding hydrogens is 448 g/mol. The van der Waals surface area contributed by atoms with Crippen molar-refractivity contribution < 1.29 is 9.53 Å². The van der Waals surface area contributed by atoms with Crippen molar-refractivity contribution in [3.63, 3.8) is 0 Å². The lowest BCUT2D eigenvalue weighted by atomic mass is 10.1. The SMILES string of the molecule is CSNc1ccn(C(=O)N2CCN(Cc3ccc(Cl)cc3N3CC4CCC(C3)O4)CC2)n1. The Morgan fingerprint density at radius 3 is 2.66 bits per heavy atom. The summed E-state index contributed by atoms with van der Waals surface area (Å²) in [7, 11) is 0. The van der Waals surface area contributed by atoms with Gasteiger partial charge in [-0.25, -0.2) is 4.79 Å². The Hall–Kier alpha value is -1.94. The van der Waals surface area contributed by atoms with Gasteiger partial charge in [-0.2, -0.15) is 4.68 Å². The van der Waals surface area contributed by atoms with Gasteiger partial charge in [-0.05, 0) is 30.5 Å². The lowest BCUT2D eigenvalue weighted by Crippen LogP contribution is -2.49. The fraction of sp³-hybridized carbons (Fsp3) is 0.545. The van der Waals surface area contributed by atoms with Gasteiger partial charge in [-0.15, -0.1) is 5.10 Å². The Balaban J connectivity index is 1.21. The molecule has 10 heteroatoms. The molecule has 3 aliphatic heterocycles. The number of rotatable bonds is 5. The van der Waals surface area contributed by atoms with Crippen LogP contribution in [0.15, 0.2) is 30.5 Å². The van der Waals surface area contributed by atoms with Crippen LogP contribution in [-0.4, -0.2) is 83.3 Å². The van der Waals surface area contributed by atoms with Gasteiger partial charge < -0.3 is 19.3 Å². The van der Waals surface area contributed by atoms with Crippen LogP contribution in [0.3, 0.4) is 0 Å². The smallest absolute Gasteiger partial charge is 0.344 e. The second-order valence-electron chi connectivity index (χ2n) is 8.63. The van der Waals surface area contributed by atoms with Gasteiger partial charge >= 0.3 is 6.03 Å². The third-order valence-corrected chi connectivity index (χ3v) is 7.11. The van der Waals surface area contributed by atoms with Gasteiger partial charge in [-0.1, -0.05) is 29.6 Å². The molecule has 8 nitrogen and oxygen atoms in total. The van der Waals surface area contributed by atoms with Crippen LogP contribution in [0, 0.1) is 0 Å². The highest BCUT2D eigenvalue weighted by Gasteiger charge is 2.34. The summed E-state index contributed by atoms with van der Waals surface area (Å²) in [4.78, 5) is 19.5. The summed E-state index contributed by atoms with van der Waals surface area (Å²) in [5, 5.41) is 5.07. The zero-order valence-corrected chi connectivity index (χ0v) is 19.8. The topological polar surface area (TPSA) is 65.9 Å². The second-order valence-corrected chi connectivity index (χ2v) is 9.68. The van der Waals surface area contributed by atoms with Gasteiger partial charge in [0.2, 0.25) is 0 Å². The Morgan fingerprint density at radius 1 is 1.19 bits per heavy atom. The normalized spacial score (nSPS) is 23.6. The Morgan fingerprint density at radius 2 is 1.94 bits per heavy atom. The predicted octanol–water partition coefficient (Wildman–Crippen LogP) is 3.38. The van der Waals surface area contributed by atoms with E-state index in [1.165, 1.54) is 27.9 Å². The first kappa shape index (κ1) is 21.9. The number of hydrogen-bond donors (Lipinski definition) is 1. The highest BCUT2D eigenvalue weighted by atomic mass is 35.5. The first-order chi connectivity index (χ1) is 15.6. The lowest BCUT2D eigenvalue weighted by molar-refractivity contribution is 0.0304. The summed E-state index contributed by atoms with van der Waals surface area (Å²) in [6.07, 6.45) is 6.61. The van der Waals surface area contributed by atoms with Crippen LogP contribution in [0.1, 0.15) is 18.4 Å². The summed E-state index contributed by atoms with van der Waals surface area (Å²) in [6, 6.07) is 7.96. The van der Waals surface area contributed by atoms with Gasteiger partial charge in [0.05, 0.1) is 12.2 Å². The van der Waals surface area contributed by atoms with Crippen LogP contribution in [-0.2, 0) is 11.3 Å². The van der Waals surface area contributed by atoms with Crippen molar-refractivity contribution >= 4 is 41.1 Å². The van der Waals surface area contributed by atoms with Crippen molar-refractivity contribution in [2.24, 2.45) is 0 Å². The zero-order valence-electron chi connectivity index (χ0n) is 18.2. The zero-order chi connectivity index (χ0) is 22.1. The molecule has 2 bridgehead atoms. The third-order valence-electron chi connectivity index (χ3n) is 6.46. The molecule has 2 aromatic rings. The number of halogens is 1. The molecule has 0 radical (unpaired) electrons. The molecule has 1 N–H and O–H groups in total. The highest BCUT2D eigenvalue weighted by Crippen LogP contribution is 2.33. The van der Waals surface area contributed by atoms with Gasteiger partial charge in [0.15, 0.2) is 5.82 Å². The molecule has 1 aromatic carbocycles. The minimum atomic E-state index is -0.0743. The van der Waals surface area contributed by atoms with Crippen molar-refractivity contribution in [1.82, 2.24) is 19.6 Å². The molecule has 3 aliphatic rings. The molecule has 5 rings (SSSR count). The molecule has 3 fully saturated rings. The number of anilines is 2. The van der Waals surface area contributed by atoms with Crippen molar-refractivity contribution in [3.8, 4) is 0 Å². The van der Waals surface area contributed by atoms with Crippen molar-refractivity contribution in [2.75, 3.05) is 55.1 Å². The molecule has 0 aliphatic carbocycles. The fourth-order valence-electron chi connectivity index (χ4n) is 4.85. The Kier molecular flexibility index (Phi) is 6.50. The van der Waals surface area contributed by atoms with E-state index in [1.807, 2.05) is 23.3 Å². The summed E-state index contributed by atoms with van der Waals surface area (Å²) < 4.78 is 10.5. The summed E-state index contributed by atoms with van der Waals surface area (Å²) in [6.45, 7) is 5.76. The number of nitrogens with zero attached hydrogens (tertiary/aromatic N) is 5.